The zero-order valence-corrected chi connectivity index (χ0v) is 10.7. The van der Waals surface area contributed by atoms with Crippen LogP contribution in [-0.4, -0.2) is 43.5 Å². The van der Waals surface area contributed by atoms with E-state index in [2.05, 4.69) is 21.9 Å². The molecule has 0 radical (unpaired) electrons. The van der Waals surface area contributed by atoms with E-state index in [0.29, 0.717) is 0 Å². The van der Waals surface area contributed by atoms with Crippen LogP contribution in [0.1, 0.15) is 0 Å². The molecule has 0 amide bonds. The van der Waals surface area contributed by atoms with E-state index in [9.17, 15) is 0 Å². The quantitative estimate of drug-likeness (QED) is 0.770. The molecule has 16 heavy (non-hydrogen) atoms. The van der Waals surface area contributed by atoms with Crippen molar-refractivity contribution in [2.75, 3.05) is 43.5 Å². The van der Waals surface area contributed by atoms with E-state index >= 15 is 0 Å². The number of alkyl halides is 1. The summed E-state index contributed by atoms with van der Waals surface area (Å²) >= 11 is 11.6. The number of rotatable bonds is 3. The second-order valence-corrected chi connectivity index (χ2v) is 4.81. The van der Waals surface area contributed by atoms with E-state index in [1.807, 2.05) is 12.1 Å². The zero-order valence-electron chi connectivity index (χ0n) is 9.20. The minimum absolute atomic E-state index is 0.723. The first-order valence-corrected chi connectivity index (χ1v) is 6.49. The third-order valence-electron chi connectivity index (χ3n) is 2.96. The molecule has 0 saturated carbocycles. The highest BCUT2D eigenvalue weighted by Gasteiger charge is 2.16. The molecule has 1 aromatic rings. The van der Waals surface area contributed by atoms with Gasteiger partial charge in [-0.1, -0.05) is 11.6 Å². The van der Waals surface area contributed by atoms with Crippen molar-refractivity contribution in [1.82, 2.24) is 4.90 Å². The predicted molar refractivity (Wildman–Crippen MR) is 70.8 cm³/mol. The topological polar surface area (TPSA) is 6.48 Å². The fourth-order valence-electron chi connectivity index (χ4n) is 2.00. The van der Waals surface area contributed by atoms with Gasteiger partial charge in [0.25, 0.3) is 0 Å². The van der Waals surface area contributed by atoms with Gasteiger partial charge in [0.05, 0.1) is 0 Å². The van der Waals surface area contributed by atoms with E-state index in [4.69, 9.17) is 23.2 Å². The van der Waals surface area contributed by atoms with E-state index in [0.717, 1.165) is 43.6 Å². The lowest BCUT2D eigenvalue weighted by Gasteiger charge is -2.35. The molecule has 0 atom stereocenters. The Kier molecular flexibility index (Phi) is 4.33. The first kappa shape index (κ1) is 12.0. The van der Waals surface area contributed by atoms with Gasteiger partial charge in [-0.3, -0.25) is 4.90 Å². The molecule has 1 heterocycles. The van der Waals surface area contributed by atoms with Gasteiger partial charge in [0.15, 0.2) is 0 Å². The van der Waals surface area contributed by atoms with Crippen LogP contribution in [0.15, 0.2) is 24.3 Å². The van der Waals surface area contributed by atoms with Crippen molar-refractivity contribution in [3.8, 4) is 0 Å². The molecule has 0 N–H and O–H groups in total. The van der Waals surface area contributed by atoms with Gasteiger partial charge in [-0.25, -0.2) is 0 Å². The molecule has 88 valence electrons. The summed E-state index contributed by atoms with van der Waals surface area (Å²) in [5.41, 5.74) is 1.26. The molecule has 0 unspecified atom stereocenters. The van der Waals surface area contributed by atoms with Crippen molar-refractivity contribution in [3.63, 3.8) is 0 Å². The number of halogens is 2. The summed E-state index contributed by atoms with van der Waals surface area (Å²) in [6.45, 7) is 5.32. The van der Waals surface area contributed by atoms with Gasteiger partial charge in [0.2, 0.25) is 0 Å². The monoisotopic (exact) mass is 258 g/mol. The molecule has 1 saturated heterocycles. The molecule has 0 aromatic heterocycles. The van der Waals surface area contributed by atoms with Crippen molar-refractivity contribution < 1.29 is 0 Å². The lowest BCUT2D eigenvalue weighted by atomic mass is 10.2. The average Bonchev–Trinajstić information content (AvgIpc) is 2.32. The van der Waals surface area contributed by atoms with Crippen LogP contribution in [-0.2, 0) is 0 Å². The maximum absolute atomic E-state index is 5.87. The third-order valence-corrected chi connectivity index (χ3v) is 3.39. The van der Waals surface area contributed by atoms with Crippen LogP contribution in [0.25, 0.3) is 0 Å². The molecule has 1 aromatic carbocycles. The molecule has 2 rings (SSSR count). The van der Waals surface area contributed by atoms with Gasteiger partial charge >= 0.3 is 0 Å². The van der Waals surface area contributed by atoms with Gasteiger partial charge < -0.3 is 4.90 Å². The second-order valence-electron chi connectivity index (χ2n) is 3.99. The molecule has 0 bridgehead atoms. The Balaban J connectivity index is 1.91. The number of benzene rings is 1. The standard InChI is InChI=1S/C12H16Cl2N2/c13-5-6-15-7-9-16(10-8-15)12-3-1-11(14)2-4-12/h1-4H,5-10H2. The molecule has 1 aliphatic rings. The van der Waals surface area contributed by atoms with E-state index in [1.165, 1.54) is 5.69 Å². The highest BCUT2D eigenvalue weighted by Crippen LogP contribution is 2.19. The molecular formula is C12H16Cl2N2. The molecule has 0 spiro atoms. The Morgan fingerprint density at radius 1 is 1.00 bits per heavy atom. The Morgan fingerprint density at radius 2 is 1.62 bits per heavy atom. The molecule has 2 nitrogen and oxygen atoms in total. The smallest absolute Gasteiger partial charge is 0.0407 e. The van der Waals surface area contributed by atoms with Gasteiger partial charge in [0.1, 0.15) is 0 Å². The third kappa shape index (κ3) is 3.03. The number of hydrogen-bond acceptors (Lipinski definition) is 2. The maximum atomic E-state index is 5.87. The summed E-state index contributed by atoms with van der Waals surface area (Å²) < 4.78 is 0. The van der Waals surface area contributed by atoms with Crippen molar-refractivity contribution >= 4 is 28.9 Å². The first-order valence-electron chi connectivity index (χ1n) is 5.58. The van der Waals surface area contributed by atoms with Crippen molar-refractivity contribution in [2.24, 2.45) is 0 Å². The summed E-state index contributed by atoms with van der Waals surface area (Å²) in [6.07, 6.45) is 0. The largest absolute Gasteiger partial charge is 0.369 e. The van der Waals surface area contributed by atoms with Crippen LogP contribution < -0.4 is 4.90 Å². The van der Waals surface area contributed by atoms with Crippen LogP contribution in [0, 0.1) is 0 Å². The normalized spacial score (nSPS) is 17.8. The number of piperazine rings is 1. The van der Waals surface area contributed by atoms with Gasteiger partial charge in [0, 0.05) is 49.3 Å². The van der Waals surface area contributed by atoms with Crippen LogP contribution in [0.3, 0.4) is 0 Å². The predicted octanol–water partition coefficient (Wildman–Crippen LogP) is 2.70. The minimum atomic E-state index is 0.723. The number of anilines is 1. The van der Waals surface area contributed by atoms with Crippen LogP contribution >= 0.6 is 23.2 Å². The zero-order chi connectivity index (χ0) is 11.4. The van der Waals surface area contributed by atoms with Gasteiger partial charge in [-0.15, -0.1) is 11.6 Å². The molecule has 4 heteroatoms. The summed E-state index contributed by atoms with van der Waals surface area (Å²) in [5, 5.41) is 0.796. The highest BCUT2D eigenvalue weighted by atomic mass is 35.5. The highest BCUT2D eigenvalue weighted by molar-refractivity contribution is 6.30. The summed E-state index contributed by atoms with van der Waals surface area (Å²) in [5.74, 6) is 0.723. The van der Waals surface area contributed by atoms with Crippen LogP contribution in [0.2, 0.25) is 5.02 Å². The molecule has 1 aliphatic heterocycles. The fraction of sp³-hybridized carbons (Fsp3) is 0.500. The van der Waals surface area contributed by atoms with Crippen molar-refractivity contribution in [2.45, 2.75) is 0 Å². The maximum Gasteiger partial charge on any atom is 0.0407 e. The van der Waals surface area contributed by atoms with Gasteiger partial charge in [-0.05, 0) is 24.3 Å². The number of nitrogens with zero attached hydrogens (tertiary/aromatic N) is 2. The van der Waals surface area contributed by atoms with E-state index in [1.54, 1.807) is 0 Å². The minimum Gasteiger partial charge on any atom is -0.369 e. The SMILES string of the molecule is ClCCN1CCN(c2ccc(Cl)cc2)CC1. The Bertz CT molecular complexity index is 318. The van der Waals surface area contributed by atoms with Crippen molar-refractivity contribution in [1.29, 1.82) is 0 Å². The van der Waals surface area contributed by atoms with Crippen LogP contribution in [0.4, 0.5) is 5.69 Å². The second kappa shape index (κ2) is 5.76. The number of hydrogen-bond donors (Lipinski definition) is 0. The molecule has 0 aliphatic carbocycles. The fourth-order valence-corrected chi connectivity index (χ4v) is 2.37. The van der Waals surface area contributed by atoms with Gasteiger partial charge in [-0.2, -0.15) is 0 Å². The van der Waals surface area contributed by atoms with E-state index in [-0.39, 0.29) is 0 Å². The Labute approximate surface area is 107 Å². The lowest BCUT2D eigenvalue weighted by Crippen LogP contribution is -2.46. The van der Waals surface area contributed by atoms with E-state index < -0.39 is 0 Å². The van der Waals surface area contributed by atoms with Crippen molar-refractivity contribution in [3.05, 3.63) is 29.3 Å². The summed E-state index contributed by atoms with van der Waals surface area (Å²) in [6, 6.07) is 8.06. The molecular weight excluding hydrogens is 243 g/mol. The lowest BCUT2D eigenvalue weighted by molar-refractivity contribution is 0.272. The summed E-state index contributed by atoms with van der Waals surface area (Å²) in [4.78, 5) is 4.79. The first-order chi connectivity index (χ1) is 7.79. The Morgan fingerprint density at radius 3 is 2.19 bits per heavy atom. The Hall–Kier alpha value is -0.440. The summed E-state index contributed by atoms with van der Waals surface area (Å²) in [7, 11) is 0. The molecule has 1 fully saturated rings. The average molecular weight is 259 g/mol. The van der Waals surface area contributed by atoms with Crippen LogP contribution in [0.5, 0.6) is 0 Å².